The lowest BCUT2D eigenvalue weighted by Gasteiger charge is -2.11. The lowest BCUT2D eigenvalue weighted by Crippen LogP contribution is -2.25. The van der Waals surface area contributed by atoms with E-state index in [0.717, 1.165) is 19.3 Å². The predicted octanol–water partition coefficient (Wildman–Crippen LogP) is 3.97. The molecule has 0 spiro atoms. The van der Waals surface area contributed by atoms with Crippen molar-refractivity contribution in [2.75, 3.05) is 6.54 Å². The number of rotatable bonds is 6. The van der Waals surface area contributed by atoms with Gasteiger partial charge in [-0.2, -0.15) is 0 Å². The standard InChI is InChI=1S/C22H22FN3O3/c1-3-8-24-22(28)20-16-7-4-13(11-19(16)29-26-20)17-9-14(10-18(23)12(17)2)21(27)25-15-5-6-15/h4,7,9-11,15H,3,5-6,8H2,1-2H3,(H,24,28)(H,25,27). The van der Waals surface area contributed by atoms with Gasteiger partial charge in [-0.25, -0.2) is 4.39 Å². The number of fused-ring (bicyclic) bond motifs is 1. The maximum Gasteiger partial charge on any atom is 0.274 e. The molecular weight excluding hydrogens is 373 g/mol. The number of halogens is 1. The first-order valence-electron chi connectivity index (χ1n) is 9.77. The number of benzene rings is 2. The predicted molar refractivity (Wildman–Crippen MR) is 107 cm³/mol. The molecule has 29 heavy (non-hydrogen) atoms. The third-order valence-corrected chi connectivity index (χ3v) is 5.05. The van der Waals surface area contributed by atoms with Crippen molar-refractivity contribution in [3.05, 3.63) is 53.0 Å². The summed E-state index contributed by atoms with van der Waals surface area (Å²) in [5.41, 5.74) is 2.66. The van der Waals surface area contributed by atoms with Crippen molar-refractivity contribution in [1.82, 2.24) is 15.8 Å². The molecule has 150 valence electrons. The van der Waals surface area contributed by atoms with Crippen molar-refractivity contribution in [3.63, 3.8) is 0 Å². The Balaban J connectivity index is 1.69. The highest BCUT2D eigenvalue weighted by molar-refractivity contribution is 6.05. The van der Waals surface area contributed by atoms with Gasteiger partial charge in [-0.15, -0.1) is 0 Å². The SMILES string of the molecule is CCCNC(=O)c1noc2cc(-c3cc(C(=O)NC4CC4)cc(F)c3C)ccc12. The Kier molecular flexibility index (Phi) is 5.05. The summed E-state index contributed by atoms with van der Waals surface area (Å²) >= 11 is 0. The van der Waals surface area contributed by atoms with E-state index in [4.69, 9.17) is 4.52 Å². The molecule has 1 saturated carbocycles. The minimum Gasteiger partial charge on any atom is -0.355 e. The molecule has 1 fully saturated rings. The van der Waals surface area contributed by atoms with Crippen LogP contribution < -0.4 is 10.6 Å². The smallest absolute Gasteiger partial charge is 0.274 e. The van der Waals surface area contributed by atoms with Crippen molar-refractivity contribution in [3.8, 4) is 11.1 Å². The molecule has 4 rings (SSSR count). The van der Waals surface area contributed by atoms with Gasteiger partial charge in [0.15, 0.2) is 11.3 Å². The van der Waals surface area contributed by atoms with Crippen molar-refractivity contribution in [2.24, 2.45) is 0 Å². The van der Waals surface area contributed by atoms with Gasteiger partial charge in [0, 0.05) is 18.2 Å². The number of hydrogen-bond acceptors (Lipinski definition) is 4. The Bertz CT molecular complexity index is 1100. The Morgan fingerprint density at radius 3 is 2.72 bits per heavy atom. The molecule has 2 amide bonds. The first kappa shape index (κ1) is 19.1. The van der Waals surface area contributed by atoms with Crippen LogP contribution in [-0.2, 0) is 0 Å². The summed E-state index contributed by atoms with van der Waals surface area (Å²) in [6, 6.07) is 8.36. The average molecular weight is 395 g/mol. The molecule has 0 radical (unpaired) electrons. The third-order valence-electron chi connectivity index (χ3n) is 5.05. The quantitative estimate of drug-likeness (QED) is 0.661. The van der Waals surface area contributed by atoms with Crippen molar-refractivity contribution >= 4 is 22.8 Å². The van der Waals surface area contributed by atoms with E-state index >= 15 is 0 Å². The Morgan fingerprint density at radius 1 is 1.21 bits per heavy atom. The minimum absolute atomic E-state index is 0.193. The summed E-state index contributed by atoms with van der Waals surface area (Å²) < 4.78 is 19.8. The zero-order valence-electron chi connectivity index (χ0n) is 16.3. The van der Waals surface area contributed by atoms with Crippen LogP contribution in [0.2, 0.25) is 0 Å². The number of nitrogens with one attached hydrogen (secondary N) is 2. The highest BCUT2D eigenvalue weighted by atomic mass is 19.1. The molecule has 2 aromatic carbocycles. The van der Waals surface area contributed by atoms with Gasteiger partial charge in [0.25, 0.3) is 11.8 Å². The summed E-state index contributed by atoms with van der Waals surface area (Å²) in [4.78, 5) is 24.6. The van der Waals surface area contributed by atoms with E-state index in [9.17, 15) is 14.0 Å². The van der Waals surface area contributed by atoms with Crippen LogP contribution in [0.15, 0.2) is 34.9 Å². The number of amides is 2. The Labute approximate surface area is 167 Å². The monoisotopic (exact) mass is 395 g/mol. The van der Waals surface area contributed by atoms with Crippen molar-refractivity contribution < 1.29 is 18.5 Å². The topological polar surface area (TPSA) is 84.2 Å². The highest BCUT2D eigenvalue weighted by Crippen LogP contribution is 2.31. The summed E-state index contributed by atoms with van der Waals surface area (Å²) in [7, 11) is 0. The van der Waals surface area contributed by atoms with E-state index in [-0.39, 0.29) is 29.1 Å². The van der Waals surface area contributed by atoms with Crippen LogP contribution in [-0.4, -0.2) is 29.6 Å². The normalized spacial score (nSPS) is 13.5. The molecule has 1 aliphatic rings. The lowest BCUT2D eigenvalue weighted by atomic mass is 9.96. The molecule has 0 unspecified atom stereocenters. The number of carbonyl (C=O) groups excluding carboxylic acids is 2. The molecule has 1 heterocycles. The van der Waals surface area contributed by atoms with Gasteiger partial charge in [0.05, 0.1) is 5.39 Å². The number of nitrogens with zero attached hydrogens (tertiary/aromatic N) is 1. The van der Waals surface area contributed by atoms with Gasteiger partial charge < -0.3 is 15.2 Å². The van der Waals surface area contributed by atoms with E-state index < -0.39 is 5.82 Å². The minimum atomic E-state index is -0.444. The fourth-order valence-electron chi connectivity index (χ4n) is 3.20. The Hall–Kier alpha value is -3.22. The number of hydrogen-bond donors (Lipinski definition) is 2. The van der Waals surface area contributed by atoms with Crippen molar-refractivity contribution in [2.45, 2.75) is 39.2 Å². The van der Waals surface area contributed by atoms with Crippen LogP contribution in [0.25, 0.3) is 22.1 Å². The van der Waals surface area contributed by atoms with Gasteiger partial charge in [0.1, 0.15) is 5.82 Å². The summed E-state index contributed by atoms with van der Waals surface area (Å²) in [6.45, 7) is 4.19. The van der Waals surface area contributed by atoms with Gasteiger partial charge in [-0.05, 0) is 67.1 Å². The molecular formula is C22H22FN3O3. The van der Waals surface area contributed by atoms with Gasteiger partial charge >= 0.3 is 0 Å². The highest BCUT2D eigenvalue weighted by Gasteiger charge is 2.25. The van der Waals surface area contributed by atoms with E-state index in [1.165, 1.54) is 6.07 Å². The number of aromatic nitrogens is 1. The fourth-order valence-corrected chi connectivity index (χ4v) is 3.20. The zero-order chi connectivity index (χ0) is 20.5. The first-order chi connectivity index (χ1) is 14.0. The van der Waals surface area contributed by atoms with Gasteiger partial charge in [-0.3, -0.25) is 9.59 Å². The zero-order valence-corrected chi connectivity index (χ0v) is 16.3. The van der Waals surface area contributed by atoms with E-state index in [2.05, 4.69) is 15.8 Å². The van der Waals surface area contributed by atoms with Crippen LogP contribution in [0, 0.1) is 12.7 Å². The number of carbonyl (C=O) groups is 2. The molecule has 1 aromatic heterocycles. The van der Waals surface area contributed by atoms with E-state index in [0.29, 0.717) is 34.2 Å². The molecule has 7 heteroatoms. The molecule has 0 bridgehead atoms. The fraction of sp³-hybridized carbons (Fsp3) is 0.318. The summed E-state index contributed by atoms with van der Waals surface area (Å²) in [5, 5.41) is 10.1. The van der Waals surface area contributed by atoms with Crippen LogP contribution in [0.4, 0.5) is 4.39 Å². The van der Waals surface area contributed by atoms with Crippen LogP contribution in [0.5, 0.6) is 0 Å². The molecule has 0 atom stereocenters. The maximum absolute atomic E-state index is 14.5. The van der Waals surface area contributed by atoms with Gasteiger partial charge in [0.2, 0.25) is 0 Å². The third kappa shape index (κ3) is 3.85. The van der Waals surface area contributed by atoms with Gasteiger partial charge in [-0.1, -0.05) is 18.1 Å². The van der Waals surface area contributed by atoms with Crippen molar-refractivity contribution in [1.29, 1.82) is 0 Å². The molecule has 0 saturated heterocycles. The average Bonchev–Trinajstić information content (AvgIpc) is 3.43. The molecule has 2 N–H and O–H groups in total. The molecule has 0 aliphatic heterocycles. The molecule has 6 nitrogen and oxygen atoms in total. The maximum atomic E-state index is 14.5. The van der Waals surface area contributed by atoms with Crippen LogP contribution >= 0.6 is 0 Å². The molecule has 1 aliphatic carbocycles. The molecule has 3 aromatic rings. The second-order valence-electron chi connectivity index (χ2n) is 7.38. The Morgan fingerprint density at radius 2 is 2.00 bits per heavy atom. The second-order valence-corrected chi connectivity index (χ2v) is 7.38. The summed E-state index contributed by atoms with van der Waals surface area (Å²) in [5.74, 6) is -1.01. The second kappa shape index (κ2) is 7.66. The lowest BCUT2D eigenvalue weighted by molar-refractivity contribution is 0.0940. The largest absolute Gasteiger partial charge is 0.355 e. The van der Waals surface area contributed by atoms with Crippen LogP contribution in [0.3, 0.4) is 0 Å². The van der Waals surface area contributed by atoms with Crippen LogP contribution in [0.1, 0.15) is 52.6 Å². The van der Waals surface area contributed by atoms with E-state index in [1.807, 2.05) is 6.92 Å². The summed E-state index contributed by atoms with van der Waals surface area (Å²) in [6.07, 6.45) is 2.74. The van der Waals surface area contributed by atoms with E-state index in [1.54, 1.807) is 31.2 Å². The first-order valence-corrected chi connectivity index (χ1v) is 9.77.